The summed E-state index contributed by atoms with van der Waals surface area (Å²) in [7, 11) is 1.56. The lowest BCUT2D eigenvalue weighted by Gasteiger charge is -2.11. The maximum absolute atomic E-state index is 10.3. The summed E-state index contributed by atoms with van der Waals surface area (Å²) in [5.41, 5.74) is 0. The maximum atomic E-state index is 10.3. The lowest BCUT2D eigenvalue weighted by Crippen LogP contribution is -2.00. The molecule has 0 aliphatic heterocycles. The highest BCUT2D eigenvalue weighted by Gasteiger charge is 2.08. The van der Waals surface area contributed by atoms with Crippen molar-refractivity contribution in [1.29, 1.82) is 0 Å². The van der Waals surface area contributed by atoms with Crippen molar-refractivity contribution in [2.45, 2.75) is 0 Å². The summed E-state index contributed by atoms with van der Waals surface area (Å²) in [4.78, 5) is 0. The van der Waals surface area contributed by atoms with Crippen LogP contribution in [0.3, 0.4) is 0 Å². The van der Waals surface area contributed by atoms with E-state index in [-0.39, 0.29) is 0 Å². The predicted octanol–water partition coefficient (Wildman–Crippen LogP) is 2.08. The van der Waals surface area contributed by atoms with Crippen LogP contribution in [0.4, 0.5) is 0 Å². The Morgan fingerprint density at radius 2 is 1.79 bits per heavy atom. The molecule has 1 atom stereocenters. The molecule has 7 heteroatoms. The molecule has 0 saturated heterocycles. The first kappa shape index (κ1) is 12.5. The Balaban J connectivity index is 3.08. The molecule has 1 aromatic rings. The summed E-state index contributed by atoms with van der Waals surface area (Å²) in [5.74, 6) is 1.00. The standard InChI is InChI=1S/C7H6I2O4S/c1-12-6-2-5(9)7(3-4(6)8)13-14(10)11/h2-3H,1H3,(H,10,11)/p-1. The molecule has 0 aliphatic rings. The van der Waals surface area contributed by atoms with Gasteiger partial charge in [0.05, 0.1) is 14.3 Å². The summed E-state index contributed by atoms with van der Waals surface area (Å²) in [6.45, 7) is 0. The van der Waals surface area contributed by atoms with Crippen LogP contribution in [0, 0.1) is 7.14 Å². The Labute approximate surface area is 111 Å². The summed E-state index contributed by atoms with van der Waals surface area (Å²) >= 11 is 1.48. The Morgan fingerprint density at radius 3 is 2.29 bits per heavy atom. The number of halogens is 2. The Morgan fingerprint density at radius 1 is 1.29 bits per heavy atom. The molecule has 4 nitrogen and oxygen atoms in total. The second-order valence-electron chi connectivity index (χ2n) is 2.20. The van der Waals surface area contributed by atoms with Crippen LogP contribution in [-0.4, -0.2) is 15.9 Å². The Hall–Kier alpha value is 0.390. The maximum Gasteiger partial charge on any atom is 0.153 e. The molecular formula is C7H5I2O4S-. The van der Waals surface area contributed by atoms with Crippen LogP contribution in [0.5, 0.6) is 11.5 Å². The first-order valence-corrected chi connectivity index (χ1v) is 6.51. The van der Waals surface area contributed by atoms with Gasteiger partial charge in [-0.15, -0.1) is 0 Å². The van der Waals surface area contributed by atoms with Gasteiger partial charge in [0.1, 0.15) is 17.1 Å². The number of hydrogen-bond donors (Lipinski definition) is 0. The highest BCUT2D eigenvalue weighted by Crippen LogP contribution is 2.31. The van der Waals surface area contributed by atoms with E-state index in [1.807, 2.05) is 45.2 Å². The van der Waals surface area contributed by atoms with Gasteiger partial charge in [0.2, 0.25) is 0 Å². The summed E-state index contributed by atoms with van der Waals surface area (Å²) in [6, 6.07) is 3.32. The predicted molar refractivity (Wildman–Crippen MR) is 68.0 cm³/mol. The number of hydrogen-bond acceptors (Lipinski definition) is 4. The molecule has 1 rings (SSSR count). The molecule has 0 radical (unpaired) electrons. The van der Waals surface area contributed by atoms with Gasteiger partial charge >= 0.3 is 0 Å². The molecule has 0 bridgehead atoms. The van der Waals surface area contributed by atoms with Gasteiger partial charge in [-0.1, -0.05) is 0 Å². The molecular weight excluding hydrogens is 434 g/mol. The van der Waals surface area contributed by atoms with Crippen molar-refractivity contribution in [3.63, 3.8) is 0 Å². The van der Waals surface area contributed by atoms with E-state index in [0.29, 0.717) is 15.1 Å². The van der Waals surface area contributed by atoms with E-state index in [1.54, 1.807) is 19.2 Å². The van der Waals surface area contributed by atoms with Crippen molar-refractivity contribution in [2.24, 2.45) is 0 Å². The van der Waals surface area contributed by atoms with E-state index in [4.69, 9.17) is 4.74 Å². The largest absolute Gasteiger partial charge is 0.740 e. The van der Waals surface area contributed by atoms with Gasteiger partial charge in [-0.2, -0.15) is 0 Å². The van der Waals surface area contributed by atoms with Crippen LogP contribution in [-0.2, 0) is 11.4 Å². The van der Waals surface area contributed by atoms with Crippen molar-refractivity contribution < 1.29 is 17.7 Å². The van der Waals surface area contributed by atoms with E-state index in [1.165, 1.54) is 0 Å². The Bertz CT molecular complexity index is 369. The lowest BCUT2D eigenvalue weighted by atomic mass is 10.3. The van der Waals surface area contributed by atoms with E-state index in [0.717, 1.165) is 3.57 Å². The number of ether oxygens (including phenoxy) is 1. The molecule has 78 valence electrons. The van der Waals surface area contributed by atoms with E-state index >= 15 is 0 Å². The third-order valence-corrected chi connectivity index (χ3v) is 3.37. The minimum Gasteiger partial charge on any atom is -0.740 e. The van der Waals surface area contributed by atoms with Crippen LogP contribution in [0.1, 0.15) is 0 Å². The second kappa shape index (κ2) is 5.47. The minimum absolute atomic E-state index is 0.309. The third kappa shape index (κ3) is 3.21. The molecule has 0 aliphatic carbocycles. The average Bonchev–Trinajstić information content (AvgIpc) is 2.10. The smallest absolute Gasteiger partial charge is 0.153 e. The van der Waals surface area contributed by atoms with E-state index < -0.39 is 11.4 Å². The second-order valence-corrected chi connectivity index (χ2v) is 5.10. The molecule has 1 unspecified atom stereocenters. The van der Waals surface area contributed by atoms with Gasteiger partial charge < -0.3 is 13.5 Å². The molecule has 0 N–H and O–H groups in total. The molecule has 0 spiro atoms. The zero-order valence-corrected chi connectivity index (χ0v) is 12.1. The molecule has 0 fully saturated rings. The molecule has 0 aromatic heterocycles. The highest BCUT2D eigenvalue weighted by molar-refractivity contribution is 14.1. The summed E-state index contributed by atoms with van der Waals surface area (Å²) in [5, 5.41) is 0. The fraction of sp³-hybridized carbons (Fsp3) is 0.143. The first-order chi connectivity index (χ1) is 6.54. The highest BCUT2D eigenvalue weighted by atomic mass is 127. The third-order valence-electron chi connectivity index (χ3n) is 1.36. The van der Waals surface area contributed by atoms with Crippen LogP contribution >= 0.6 is 45.2 Å². The lowest BCUT2D eigenvalue weighted by molar-refractivity contribution is 0.408. The van der Waals surface area contributed by atoms with Crippen molar-refractivity contribution >= 4 is 56.5 Å². The van der Waals surface area contributed by atoms with Crippen molar-refractivity contribution in [3.05, 3.63) is 19.3 Å². The molecule has 1 aromatic carbocycles. The molecule has 0 heterocycles. The first-order valence-electron chi connectivity index (χ1n) is 3.35. The fourth-order valence-electron chi connectivity index (χ4n) is 0.804. The minimum atomic E-state index is -2.54. The number of benzene rings is 1. The van der Waals surface area contributed by atoms with Gasteiger partial charge in [0.25, 0.3) is 0 Å². The number of methoxy groups -OCH3 is 1. The van der Waals surface area contributed by atoms with Crippen molar-refractivity contribution in [3.8, 4) is 11.5 Å². The quantitative estimate of drug-likeness (QED) is 0.535. The van der Waals surface area contributed by atoms with Crippen LogP contribution in [0.25, 0.3) is 0 Å². The molecule has 14 heavy (non-hydrogen) atoms. The molecule has 0 saturated carbocycles. The number of rotatable bonds is 3. The van der Waals surface area contributed by atoms with Crippen molar-refractivity contribution in [1.82, 2.24) is 0 Å². The van der Waals surface area contributed by atoms with Gasteiger partial charge in [-0.3, -0.25) is 0 Å². The van der Waals surface area contributed by atoms with Gasteiger partial charge in [-0.25, -0.2) is 4.21 Å². The molecule has 0 amide bonds. The van der Waals surface area contributed by atoms with Crippen LogP contribution < -0.4 is 8.92 Å². The summed E-state index contributed by atoms with van der Waals surface area (Å²) in [6.07, 6.45) is 0. The van der Waals surface area contributed by atoms with E-state index in [9.17, 15) is 8.76 Å². The SMILES string of the molecule is COc1cc(I)c(OS(=O)[O-])cc1I. The zero-order chi connectivity index (χ0) is 10.7. The van der Waals surface area contributed by atoms with Crippen LogP contribution in [0.15, 0.2) is 12.1 Å². The van der Waals surface area contributed by atoms with Gasteiger partial charge in [0.15, 0.2) is 5.75 Å². The topological polar surface area (TPSA) is 58.6 Å². The van der Waals surface area contributed by atoms with Crippen molar-refractivity contribution in [2.75, 3.05) is 7.11 Å². The fourth-order valence-corrected chi connectivity index (χ4v) is 2.45. The monoisotopic (exact) mass is 439 g/mol. The normalized spacial score (nSPS) is 12.3. The Kier molecular flexibility index (Phi) is 4.87. The summed E-state index contributed by atoms with van der Waals surface area (Å²) < 4.78 is 31.8. The van der Waals surface area contributed by atoms with Gasteiger partial charge in [0, 0.05) is 0 Å². The van der Waals surface area contributed by atoms with Gasteiger partial charge in [-0.05, 0) is 57.3 Å². The average molecular weight is 439 g/mol. The van der Waals surface area contributed by atoms with Crippen LogP contribution in [0.2, 0.25) is 0 Å². The van der Waals surface area contributed by atoms with E-state index in [2.05, 4.69) is 4.18 Å². The zero-order valence-electron chi connectivity index (χ0n) is 6.95.